The summed E-state index contributed by atoms with van der Waals surface area (Å²) in [5.41, 5.74) is 0.180. The maximum Gasteiger partial charge on any atom is 0.289 e. The SMILES string of the molecule is COCc1ccc(C(=O)N2CC[C@@H](NC(=O)c3cnccn3)[C@H](O)C2)o1. The summed E-state index contributed by atoms with van der Waals surface area (Å²) in [7, 11) is 1.54. The van der Waals surface area contributed by atoms with Crippen molar-refractivity contribution >= 4 is 11.8 Å². The molecule has 0 aliphatic carbocycles. The Morgan fingerprint density at radius 2 is 2.27 bits per heavy atom. The van der Waals surface area contributed by atoms with E-state index in [2.05, 4.69) is 15.3 Å². The van der Waals surface area contributed by atoms with Crippen LogP contribution in [0.5, 0.6) is 0 Å². The highest BCUT2D eigenvalue weighted by Gasteiger charge is 2.32. The lowest BCUT2D eigenvalue weighted by Crippen LogP contribution is -2.55. The smallest absolute Gasteiger partial charge is 0.289 e. The van der Waals surface area contributed by atoms with E-state index in [0.717, 1.165) is 0 Å². The van der Waals surface area contributed by atoms with Gasteiger partial charge in [0.1, 0.15) is 18.1 Å². The molecule has 9 nitrogen and oxygen atoms in total. The maximum absolute atomic E-state index is 12.5. The van der Waals surface area contributed by atoms with Crippen LogP contribution in [0, 0.1) is 0 Å². The van der Waals surface area contributed by atoms with Gasteiger partial charge in [0.15, 0.2) is 5.76 Å². The number of ether oxygens (including phenoxy) is 1. The monoisotopic (exact) mass is 360 g/mol. The number of hydrogen-bond donors (Lipinski definition) is 2. The third-order valence-corrected chi connectivity index (χ3v) is 4.14. The number of piperidine rings is 1. The number of nitrogens with one attached hydrogen (secondary N) is 1. The zero-order valence-corrected chi connectivity index (χ0v) is 14.3. The summed E-state index contributed by atoms with van der Waals surface area (Å²) < 4.78 is 10.4. The summed E-state index contributed by atoms with van der Waals surface area (Å²) >= 11 is 0. The highest BCUT2D eigenvalue weighted by molar-refractivity contribution is 5.92. The Bertz CT molecular complexity index is 764. The van der Waals surface area contributed by atoms with E-state index in [9.17, 15) is 14.7 Å². The molecule has 1 fully saturated rings. The third-order valence-electron chi connectivity index (χ3n) is 4.14. The number of hydrogen-bond acceptors (Lipinski definition) is 7. The van der Waals surface area contributed by atoms with Gasteiger partial charge in [-0.2, -0.15) is 0 Å². The molecule has 0 aromatic carbocycles. The quantitative estimate of drug-likeness (QED) is 0.783. The van der Waals surface area contributed by atoms with Crippen LogP contribution in [0.1, 0.15) is 33.2 Å². The first-order chi connectivity index (χ1) is 12.6. The standard InChI is InChI=1S/C17H20N4O5/c1-25-10-11-2-3-15(26-11)17(24)21-7-4-12(14(22)9-21)20-16(23)13-8-18-5-6-19-13/h2-3,5-6,8,12,14,22H,4,7,9-10H2,1H3,(H,20,23)/t12-,14-/m1/s1. The van der Waals surface area contributed by atoms with E-state index < -0.39 is 18.1 Å². The van der Waals surface area contributed by atoms with Crippen LogP contribution in [0.4, 0.5) is 0 Å². The highest BCUT2D eigenvalue weighted by atomic mass is 16.5. The average molecular weight is 360 g/mol. The molecule has 26 heavy (non-hydrogen) atoms. The van der Waals surface area contributed by atoms with Crippen molar-refractivity contribution in [2.75, 3.05) is 20.2 Å². The maximum atomic E-state index is 12.5. The molecule has 1 saturated heterocycles. The van der Waals surface area contributed by atoms with E-state index in [1.807, 2.05) is 0 Å². The van der Waals surface area contributed by atoms with Crippen molar-refractivity contribution in [3.05, 3.63) is 47.9 Å². The van der Waals surface area contributed by atoms with Gasteiger partial charge in [0, 0.05) is 32.6 Å². The molecule has 3 rings (SSSR count). The van der Waals surface area contributed by atoms with Crippen molar-refractivity contribution in [3.63, 3.8) is 0 Å². The van der Waals surface area contributed by atoms with Gasteiger partial charge in [-0.25, -0.2) is 4.98 Å². The zero-order chi connectivity index (χ0) is 18.5. The van der Waals surface area contributed by atoms with Crippen molar-refractivity contribution < 1.29 is 23.8 Å². The minimum Gasteiger partial charge on any atom is -0.453 e. The van der Waals surface area contributed by atoms with E-state index in [-0.39, 0.29) is 30.5 Å². The number of β-amino-alcohol motifs (C(OH)–C–C–N with tert-alkyl or cyclic N) is 1. The lowest BCUT2D eigenvalue weighted by Gasteiger charge is -2.35. The lowest BCUT2D eigenvalue weighted by molar-refractivity contribution is 0.0293. The van der Waals surface area contributed by atoms with Gasteiger partial charge in [0.2, 0.25) is 0 Å². The number of carbonyl (C=O) groups excluding carboxylic acids is 2. The summed E-state index contributed by atoms with van der Waals surface area (Å²) in [6.45, 7) is 0.776. The van der Waals surface area contributed by atoms with Crippen molar-refractivity contribution in [3.8, 4) is 0 Å². The van der Waals surface area contributed by atoms with E-state index in [4.69, 9.17) is 9.15 Å². The zero-order valence-electron chi connectivity index (χ0n) is 14.3. The number of aromatic nitrogens is 2. The van der Waals surface area contributed by atoms with Crippen LogP contribution in [0.3, 0.4) is 0 Å². The molecular weight excluding hydrogens is 340 g/mol. The largest absolute Gasteiger partial charge is 0.453 e. The first-order valence-corrected chi connectivity index (χ1v) is 8.20. The van der Waals surface area contributed by atoms with Crippen molar-refractivity contribution in [2.24, 2.45) is 0 Å². The Balaban J connectivity index is 1.57. The molecule has 9 heteroatoms. The third kappa shape index (κ3) is 4.06. The Morgan fingerprint density at radius 3 is 2.96 bits per heavy atom. The molecule has 0 bridgehead atoms. The topological polar surface area (TPSA) is 118 Å². The van der Waals surface area contributed by atoms with E-state index >= 15 is 0 Å². The Morgan fingerprint density at radius 1 is 1.42 bits per heavy atom. The van der Waals surface area contributed by atoms with E-state index in [0.29, 0.717) is 18.7 Å². The van der Waals surface area contributed by atoms with Crippen LogP contribution < -0.4 is 5.32 Å². The van der Waals surface area contributed by atoms with Crippen molar-refractivity contribution in [1.82, 2.24) is 20.2 Å². The van der Waals surface area contributed by atoms with Crippen LogP contribution in [0.15, 0.2) is 35.1 Å². The van der Waals surface area contributed by atoms with Gasteiger partial charge in [-0.05, 0) is 18.6 Å². The fourth-order valence-corrected chi connectivity index (χ4v) is 2.81. The Kier molecular flexibility index (Phi) is 5.59. The van der Waals surface area contributed by atoms with Gasteiger partial charge in [-0.1, -0.05) is 0 Å². The summed E-state index contributed by atoms with van der Waals surface area (Å²) in [6.07, 6.45) is 3.79. The number of furan rings is 1. The summed E-state index contributed by atoms with van der Waals surface area (Å²) in [5.74, 6) is 0.0519. The van der Waals surface area contributed by atoms with Gasteiger partial charge in [0.05, 0.1) is 18.3 Å². The first kappa shape index (κ1) is 18.0. The summed E-state index contributed by atoms with van der Waals surface area (Å²) in [4.78, 5) is 33.9. The fourth-order valence-electron chi connectivity index (χ4n) is 2.81. The molecule has 0 saturated carbocycles. The number of aliphatic hydroxyl groups excluding tert-OH is 1. The molecule has 1 aliphatic heterocycles. The molecular formula is C17H20N4O5. The van der Waals surface area contributed by atoms with Crippen LogP contribution in [0.25, 0.3) is 0 Å². The second-order valence-corrected chi connectivity index (χ2v) is 5.98. The van der Waals surface area contributed by atoms with Crippen LogP contribution >= 0.6 is 0 Å². The predicted molar refractivity (Wildman–Crippen MR) is 89.2 cm³/mol. The molecule has 2 atom stereocenters. The molecule has 3 heterocycles. The molecule has 0 unspecified atom stereocenters. The molecule has 2 N–H and O–H groups in total. The number of amides is 2. The fraction of sp³-hybridized carbons (Fsp3) is 0.412. The number of likely N-dealkylation sites (tertiary alicyclic amines) is 1. The molecule has 2 aromatic heterocycles. The van der Waals surface area contributed by atoms with Gasteiger partial charge < -0.3 is 24.5 Å². The molecule has 138 valence electrons. The highest BCUT2D eigenvalue weighted by Crippen LogP contribution is 2.17. The number of nitrogens with zero attached hydrogens (tertiary/aromatic N) is 3. The van der Waals surface area contributed by atoms with Crippen molar-refractivity contribution in [1.29, 1.82) is 0 Å². The number of aliphatic hydroxyl groups is 1. The molecule has 2 amide bonds. The van der Waals surface area contributed by atoms with Gasteiger partial charge in [-0.3, -0.25) is 14.6 Å². The van der Waals surface area contributed by atoms with Crippen molar-refractivity contribution in [2.45, 2.75) is 25.2 Å². The minimum atomic E-state index is -0.887. The molecule has 0 radical (unpaired) electrons. The van der Waals surface area contributed by atoms with Crippen LogP contribution in [-0.4, -0.2) is 64.1 Å². The molecule has 1 aliphatic rings. The first-order valence-electron chi connectivity index (χ1n) is 8.20. The number of rotatable bonds is 5. The number of carbonyl (C=O) groups is 2. The minimum absolute atomic E-state index is 0.102. The predicted octanol–water partition coefficient (Wildman–Crippen LogP) is 0.221. The lowest BCUT2D eigenvalue weighted by atomic mass is 10.0. The Hall–Kier alpha value is -2.78. The van der Waals surface area contributed by atoms with E-state index in [1.165, 1.54) is 23.5 Å². The second-order valence-electron chi connectivity index (χ2n) is 5.98. The Labute approximate surface area is 150 Å². The molecule has 2 aromatic rings. The van der Waals surface area contributed by atoms with Crippen LogP contribution in [0.2, 0.25) is 0 Å². The van der Waals surface area contributed by atoms with Crippen LogP contribution in [-0.2, 0) is 11.3 Å². The van der Waals surface area contributed by atoms with Gasteiger partial charge >= 0.3 is 0 Å². The second kappa shape index (κ2) is 8.07. The average Bonchev–Trinajstić information content (AvgIpc) is 3.12. The van der Waals surface area contributed by atoms with Gasteiger partial charge in [0.25, 0.3) is 11.8 Å². The normalized spacial score (nSPS) is 20.0. The number of methoxy groups -OCH3 is 1. The summed E-state index contributed by atoms with van der Waals surface area (Å²) in [6, 6.07) is 2.81. The van der Waals surface area contributed by atoms with E-state index in [1.54, 1.807) is 19.2 Å². The summed E-state index contributed by atoms with van der Waals surface area (Å²) in [5, 5.41) is 13.1. The molecule has 0 spiro atoms. The van der Waals surface area contributed by atoms with Gasteiger partial charge in [-0.15, -0.1) is 0 Å².